The van der Waals surface area contributed by atoms with E-state index in [1.807, 2.05) is 6.08 Å². The topological polar surface area (TPSA) is 35.2 Å². The van der Waals surface area contributed by atoms with Crippen molar-refractivity contribution < 1.29 is 4.74 Å². The van der Waals surface area contributed by atoms with Gasteiger partial charge in [-0.25, -0.2) is 0 Å². The molecule has 0 rings (SSSR count). The molecule has 0 aliphatic carbocycles. The van der Waals surface area contributed by atoms with Crippen molar-refractivity contribution in [2.75, 3.05) is 19.8 Å². The van der Waals surface area contributed by atoms with Crippen LogP contribution in [0.3, 0.4) is 0 Å². The summed E-state index contributed by atoms with van der Waals surface area (Å²) in [5.74, 6) is 0. The number of hydrogen-bond acceptors (Lipinski definition) is 2. The molecule has 60 valence electrons. The first-order chi connectivity index (χ1) is 4.91. The van der Waals surface area contributed by atoms with Crippen LogP contribution >= 0.6 is 0 Å². The van der Waals surface area contributed by atoms with E-state index in [4.69, 9.17) is 10.5 Å². The van der Waals surface area contributed by atoms with Crippen molar-refractivity contribution in [2.24, 2.45) is 5.73 Å². The smallest absolute Gasteiger partial charge is 0.0647 e. The summed E-state index contributed by atoms with van der Waals surface area (Å²) in [7, 11) is 0. The predicted octanol–water partition coefficient (Wildman–Crippen LogP) is 1.32. The first-order valence-corrected chi connectivity index (χ1v) is 3.84. The van der Waals surface area contributed by atoms with Gasteiger partial charge in [-0.2, -0.15) is 0 Å². The van der Waals surface area contributed by atoms with Gasteiger partial charge in [-0.15, -0.1) is 0 Å². The Hall–Kier alpha value is -0.340. The Morgan fingerprint density at radius 3 is 2.80 bits per heavy atom. The van der Waals surface area contributed by atoms with E-state index in [2.05, 4.69) is 13.0 Å². The molecule has 0 bridgehead atoms. The van der Waals surface area contributed by atoms with E-state index in [0.29, 0.717) is 0 Å². The third-order valence-electron chi connectivity index (χ3n) is 1.06. The molecule has 2 N–H and O–H groups in total. The Kier molecular flexibility index (Phi) is 8.37. The zero-order valence-corrected chi connectivity index (χ0v) is 6.68. The van der Waals surface area contributed by atoms with Gasteiger partial charge in [0.15, 0.2) is 0 Å². The Morgan fingerprint density at radius 1 is 1.40 bits per heavy atom. The normalized spacial score (nSPS) is 11.0. The summed E-state index contributed by atoms with van der Waals surface area (Å²) in [6.07, 6.45) is 6.11. The molecule has 0 saturated heterocycles. The van der Waals surface area contributed by atoms with Gasteiger partial charge in [0, 0.05) is 6.61 Å². The fraction of sp³-hybridized carbons (Fsp3) is 0.750. The maximum atomic E-state index is 5.28. The van der Waals surface area contributed by atoms with E-state index < -0.39 is 0 Å². The highest BCUT2D eigenvalue weighted by atomic mass is 16.5. The molecule has 0 fully saturated rings. The van der Waals surface area contributed by atoms with E-state index >= 15 is 0 Å². The quantitative estimate of drug-likeness (QED) is 0.449. The van der Waals surface area contributed by atoms with E-state index in [0.717, 1.165) is 32.6 Å². The highest BCUT2D eigenvalue weighted by Gasteiger charge is 1.78. The van der Waals surface area contributed by atoms with Crippen molar-refractivity contribution in [3.8, 4) is 0 Å². The van der Waals surface area contributed by atoms with Crippen LogP contribution in [0.2, 0.25) is 0 Å². The van der Waals surface area contributed by atoms with Crippen molar-refractivity contribution in [3.63, 3.8) is 0 Å². The summed E-state index contributed by atoms with van der Waals surface area (Å²) in [6, 6.07) is 0. The molecule has 2 nitrogen and oxygen atoms in total. The molecule has 2 heteroatoms. The van der Waals surface area contributed by atoms with Gasteiger partial charge in [0.2, 0.25) is 0 Å². The lowest BCUT2D eigenvalue weighted by atomic mass is 10.4. The largest absolute Gasteiger partial charge is 0.377 e. The number of rotatable bonds is 6. The molecule has 0 radical (unpaired) electrons. The van der Waals surface area contributed by atoms with Crippen molar-refractivity contribution in [2.45, 2.75) is 19.8 Å². The molecule has 0 aliphatic heterocycles. The van der Waals surface area contributed by atoms with E-state index in [1.165, 1.54) is 0 Å². The molecule has 0 aromatic carbocycles. The van der Waals surface area contributed by atoms with Gasteiger partial charge in [-0.05, 0) is 19.4 Å². The maximum Gasteiger partial charge on any atom is 0.0647 e. The van der Waals surface area contributed by atoms with Gasteiger partial charge in [0.1, 0.15) is 0 Å². The second kappa shape index (κ2) is 8.66. The summed E-state index contributed by atoms with van der Waals surface area (Å²) in [5.41, 5.74) is 5.28. The van der Waals surface area contributed by atoms with Crippen LogP contribution in [0, 0.1) is 0 Å². The van der Waals surface area contributed by atoms with Crippen LogP contribution in [0.25, 0.3) is 0 Å². The molecule has 0 aliphatic rings. The number of nitrogens with two attached hydrogens (primary N) is 1. The first kappa shape index (κ1) is 9.66. The fourth-order valence-electron chi connectivity index (χ4n) is 0.578. The van der Waals surface area contributed by atoms with Crippen LogP contribution in [-0.2, 0) is 4.74 Å². The van der Waals surface area contributed by atoms with Crippen LogP contribution < -0.4 is 5.73 Å². The predicted molar refractivity (Wildman–Crippen MR) is 43.9 cm³/mol. The molecule has 0 unspecified atom stereocenters. The Bertz CT molecular complexity index is 81.3. The lowest BCUT2D eigenvalue weighted by Gasteiger charge is -1.94. The number of ether oxygens (including phenoxy) is 1. The molecule has 0 amide bonds. The Morgan fingerprint density at radius 2 is 2.20 bits per heavy atom. The molecular weight excluding hydrogens is 126 g/mol. The van der Waals surface area contributed by atoms with Crippen LogP contribution in [0.15, 0.2) is 12.2 Å². The molecular formula is C8H17NO. The van der Waals surface area contributed by atoms with Gasteiger partial charge in [-0.1, -0.05) is 19.1 Å². The molecule has 0 aromatic rings. The number of hydrogen-bond donors (Lipinski definition) is 1. The lowest BCUT2D eigenvalue weighted by Crippen LogP contribution is -1.96. The van der Waals surface area contributed by atoms with Crippen LogP contribution in [0.1, 0.15) is 19.8 Å². The highest BCUT2D eigenvalue weighted by Crippen LogP contribution is 1.83. The van der Waals surface area contributed by atoms with E-state index in [1.54, 1.807) is 0 Å². The average molecular weight is 143 g/mol. The van der Waals surface area contributed by atoms with E-state index in [9.17, 15) is 0 Å². The fourth-order valence-corrected chi connectivity index (χ4v) is 0.578. The van der Waals surface area contributed by atoms with Gasteiger partial charge in [-0.3, -0.25) is 0 Å². The van der Waals surface area contributed by atoms with Crippen molar-refractivity contribution in [1.29, 1.82) is 0 Å². The molecule has 0 aromatic heterocycles. The Balaban J connectivity index is 2.88. The third kappa shape index (κ3) is 7.66. The molecule has 0 heterocycles. The Labute approximate surface area is 63.1 Å². The lowest BCUT2D eigenvalue weighted by molar-refractivity contribution is 0.163. The van der Waals surface area contributed by atoms with E-state index in [-0.39, 0.29) is 0 Å². The zero-order valence-electron chi connectivity index (χ0n) is 6.68. The van der Waals surface area contributed by atoms with Crippen molar-refractivity contribution >= 4 is 0 Å². The zero-order chi connectivity index (χ0) is 7.66. The average Bonchev–Trinajstić information content (AvgIpc) is 1.97. The van der Waals surface area contributed by atoms with Gasteiger partial charge in [0.25, 0.3) is 0 Å². The minimum Gasteiger partial charge on any atom is -0.377 e. The SMILES string of the molecule is CCCOCC=CCCN. The third-order valence-corrected chi connectivity index (χ3v) is 1.06. The molecule has 0 saturated carbocycles. The van der Waals surface area contributed by atoms with Crippen LogP contribution in [0.4, 0.5) is 0 Å². The van der Waals surface area contributed by atoms with Crippen molar-refractivity contribution in [1.82, 2.24) is 0 Å². The highest BCUT2D eigenvalue weighted by molar-refractivity contribution is 4.81. The van der Waals surface area contributed by atoms with Crippen LogP contribution in [-0.4, -0.2) is 19.8 Å². The standard InChI is InChI=1S/C8H17NO/c1-2-7-10-8-5-3-4-6-9/h3,5H,2,4,6-9H2,1H3. The van der Waals surface area contributed by atoms with Crippen molar-refractivity contribution in [3.05, 3.63) is 12.2 Å². The summed E-state index contributed by atoms with van der Waals surface area (Å²) < 4.78 is 5.20. The summed E-state index contributed by atoms with van der Waals surface area (Å²) in [6.45, 7) is 4.41. The molecule has 0 atom stereocenters. The monoisotopic (exact) mass is 143 g/mol. The minimum absolute atomic E-state index is 0.726. The first-order valence-electron chi connectivity index (χ1n) is 3.84. The summed E-state index contributed by atoms with van der Waals surface area (Å²) in [4.78, 5) is 0. The van der Waals surface area contributed by atoms with Gasteiger partial charge in [0.05, 0.1) is 6.61 Å². The molecule has 0 spiro atoms. The molecule has 10 heavy (non-hydrogen) atoms. The second-order valence-electron chi connectivity index (χ2n) is 2.12. The van der Waals surface area contributed by atoms with Gasteiger partial charge < -0.3 is 10.5 Å². The van der Waals surface area contributed by atoms with Gasteiger partial charge >= 0.3 is 0 Å². The summed E-state index contributed by atoms with van der Waals surface area (Å²) in [5, 5.41) is 0. The minimum atomic E-state index is 0.726. The second-order valence-corrected chi connectivity index (χ2v) is 2.12. The van der Waals surface area contributed by atoms with Crippen LogP contribution in [0.5, 0.6) is 0 Å². The maximum absolute atomic E-state index is 5.28. The summed E-state index contributed by atoms with van der Waals surface area (Å²) >= 11 is 0.